The largest absolute Gasteiger partial charge is 0.466 e. The Morgan fingerprint density at radius 2 is 1.33 bits per heavy atom. The molecule has 0 aromatic heterocycles. The molecule has 1 rings (SSSR count). The maximum Gasteiger partial charge on any atom is 0.305 e. The molecule has 3 nitrogen and oxygen atoms in total. The lowest BCUT2D eigenvalue weighted by Crippen LogP contribution is -2.28. The van der Waals surface area contributed by atoms with Gasteiger partial charge in [-0.05, 0) is 51.1 Å². The van der Waals surface area contributed by atoms with Crippen LogP contribution in [0.25, 0.3) is 0 Å². The molecule has 178 valence electrons. The van der Waals surface area contributed by atoms with E-state index in [9.17, 15) is 4.79 Å². The van der Waals surface area contributed by atoms with Gasteiger partial charge < -0.3 is 9.64 Å². The molecular formula is C27H53NO2. The molecule has 0 atom stereocenters. The molecule has 0 spiro atoms. The van der Waals surface area contributed by atoms with Gasteiger partial charge in [-0.15, -0.1) is 0 Å². The number of hydrogen-bond donors (Lipinski definition) is 0. The topological polar surface area (TPSA) is 29.5 Å². The predicted molar refractivity (Wildman–Crippen MR) is 130 cm³/mol. The molecule has 0 bridgehead atoms. The molecule has 1 aliphatic rings. The minimum absolute atomic E-state index is 0.000576. The van der Waals surface area contributed by atoms with E-state index < -0.39 is 0 Å². The Labute approximate surface area is 188 Å². The second-order valence-corrected chi connectivity index (χ2v) is 9.64. The molecule has 0 unspecified atom stereocenters. The second-order valence-electron chi connectivity index (χ2n) is 9.64. The van der Waals surface area contributed by atoms with Crippen LogP contribution in [0.2, 0.25) is 0 Å². The van der Waals surface area contributed by atoms with Crippen molar-refractivity contribution in [1.82, 2.24) is 4.90 Å². The van der Waals surface area contributed by atoms with Crippen LogP contribution in [-0.2, 0) is 9.53 Å². The first-order valence-corrected chi connectivity index (χ1v) is 13.6. The highest BCUT2D eigenvalue weighted by Crippen LogP contribution is 2.27. The Bertz CT molecular complexity index is 379. The molecule has 0 N–H and O–H groups in total. The summed E-state index contributed by atoms with van der Waals surface area (Å²) in [5.41, 5.74) is 0. The normalized spacial score (nSPS) is 15.0. The van der Waals surface area contributed by atoms with Crippen LogP contribution in [0, 0.1) is 5.92 Å². The van der Waals surface area contributed by atoms with Gasteiger partial charge in [0.2, 0.25) is 0 Å². The summed E-state index contributed by atoms with van der Waals surface area (Å²) in [6.45, 7) is 8.59. The van der Waals surface area contributed by atoms with Crippen LogP contribution >= 0.6 is 0 Å². The summed E-state index contributed by atoms with van der Waals surface area (Å²) in [5.74, 6) is 0.989. The zero-order valence-corrected chi connectivity index (χ0v) is 20.6. The highest BCUT2D eigenvalue weighted by molar-refractivity contribution is 5.69. The maximum atomic E-state index is 11.8. The summed E-state index contributed by atoms with van der Waals surface area (Å²) >= 11 is 0. The number of carbonyl (C=O) groups is 1. The maximum absolute atomic E-state index is 11.8. The summed E-state index contributed by atoms with van der Waals surface area (Å²) < 4.78 is 5.45. The van der Waals surface area contributed by atoms with Crippen LogP contribution in [0.5, 0.6) is 0 Å². The molecular weight excluding hydrogens is 370 g/mol. The van der Waals surface area contributed by atoms with Gasteiger partial charge in [0.1, 0.15) is 0 Å². The molecule has 0 aromatic rings. The van der Waals surface area contributed by atoms with Gasteiger partial charge in [-0.2, -0.15) is 0 Å². The molecule has 1 aliphatic carbocycles. The average Bonchev–Trinajstić information content (AvgIpc) is 2.76. The van der Waals surface area contributed by atoms with Crippen LogP contribution in [0.3, 0.4) is 0 Å². The van der Waals surface area contributed by atoms with Crippen molar-refractivity contribution in [3.8, 4) is 0 Å². The number of rotatable bonds is 20. The number of carbonyl (C=O) groups excluding carboxylic acids is 1. The zero-order chi connectivity index (χ0) is 21.7. The third kappa shape index (κ3) is 16.2. The summed E-state index contributed by atoms with van der Waals surface area (Å²) in [6, 6.07) is 0. The van der Waals surface area contributed by atoms with Gasteiger partial charge in [-0.3, -0.25) is 4.79 Å². The third-order valence-corrected chi connectivity index (χ3v) is 6.76. The first kappa shape index (κ1) is 27.5. The molecule has 0 saturated heterocycles. The first-order chi connectivity index (χ1) is 14.8. The Morgan fingerprint density at radius 3 is 2.07 bits per heavy atom. The number of esters is 1. The predicted octanol–water partition coefficient (Wildman–Crippen LogP) is 7.91. The van der Waals surface area contributed by atoms with Crippen molar-refractivity contribution < 1.29 is 9.53 Å². The van der Waals surface area contributed by atoms with E-state index >= 15 is 0 Å². The first-order valence-electron chi connectivity index (χ1n) is 13.6. The van der Waals surface area contributed by atoms with E-state index in [0.717, 1.165) is 38.1 Å². The number of unbranched alkanes of at least 4 members (excludes halogenated alkanes) is 8. The van der Waals surface area contributed by atoms with Gasteiger partial charge in [-0.1, -0.05) is 97.3 Å². The van der Waals surface area contributed by atoms with Crippen LogP contribution in [0.15, 0.2) is 0 Å². The molecule has 0 aromatic carbocycles. The molecule has 1 fully saturated rings. The van der Waals surface area contributed by atoms with E-state index in [2.05, 4.69) is 18.7 Å². The SMILES string of the molecule is CCCCCCCCCN(CCCOC(=O)CCCCC)CCCC1CCCCC1. The zero-order valence-electron chi connectivity index (χ0n) is 20.6. The van der Waals surface area contributed by atoms with Crippen molar-refractivity contribution >= 4 is 5.97 Å². The van der Waals surface area contributed by atoms with Gasteiger partial charge in [-0.25, -0.2) is 0 Å². The number of nitrogens with zero attached hydrogens (tertiary/aromatic N) is 1. The van der Waals surface area contributed by atoms with Gasteiger partial charge in [0, 0.05) is 13.0 Å². The van der Waals surface area contributed by atoms with E-state index in [4.69, 9.17) is 4.74 Å². The average molecular weight is 424 g/mol. The van der Waals surface area contributed by atoms with E-state index in [1.54, 1.807) is 0 Å². The summed E-state index contributed by atoms with van der Waals surface area (Å²) in [5, 5.41) is 0. The molecule has 0 amide bonds. The summed E-state index contributed by atoms with van der Waals surface area (Å²) in [7, 11) is 0. The lowest BCUT2D eigenvalue weighted by molar-refractivity contribution is -0.143. The van der Waals surface area contributed by atoms with Gasteiger partial charge >= 0.3 is 5.97 Å². The quantitative estimate of drug-likeness (QED) is 0.147. The van der Waals surface area contributed by atoms with Crippen LogP contribution in [0.4, 0.5) is 0 Å². The Kier molecular flexibility index (Phi) is 18.6. The fraction of sp³-hybridized carbons (Fsp3) is 0.963. The molecule has 30 heavy (non-hydrogen) atoms. The highest BCUT2D eigenvalue weighted by atomic mass is 16.5. The fourth-order valence-corrected chi connectivity index (χ4v) is 4.77. The van der Waals surface area contributed by atoms with Crippen LogP contribution in [0.1, 0.15) is 136 Å². The molecule has 0 heterocycles. The molecule has 0 radical (unpaired) electrons. The number of ether oxygens (including phenoxy) is 1. The van der Waals surface area contributed by atoms with Crippen LogP contribution in [-0.4, -0.2) is 37.1 Å². The summed E-state index contributed by atoms with van der Waals surface area (Å²) in [4.78, 5) is 14.4. The monoisotopic (exact) mass is 423 g/mol. The van der Waals surface area contributed by atoms with Gasteiger partial charge in [0.05, 0.1) is 6.61 Å². The van der Waals surface area contributed by atoms with Crippen molar-refractivity contribution in [2.45, 2.75) is 136 Å². The van der Waals surface area contributed by atoms with E-state index in [-0.39, 0.29) is 5.97 Å². The van der Waals surface area contributed by atoms with E-state index in [1.165, 1.54) is 103 Å². The number of hydrogen-bond acceptors (Lipinski definition) is 3. The van der Waals surface area contributed by atoms with Crippen molar-refractivity contribution in [1.29, 1.82) is 0 Å². The van der Waals surface area contributed by atoms with Crippen molar-refractivity contribution in [2.24, 2.45) is 5.92 Å². The lowest BCUT2D eigenvalue weighted by Gasteiger charge is -2.25. The smallest absolute Gasteiger partial charge is 0.305 e. The fourth-order valence-electron chi connectivity index (χ4n) is 4.77. The Morgan fingerprint density at radius 1 is 0.733 bits per heavy atom. The third-order valence-electron chi connectivity index (χ3n) is 6.76. The minimum atomic E-state index is -0.000576. The van der Waals surface area contributed by atoms with E-state index in [0.29, 0.717) is 13.0 Å². The Balaban J connectivity index is 2.18. The Hall–Kier alpha value is -0.570. The summed E-state index contributed by atoms with van der Waals surface area (Å²) in [6.07, 6.45) is 24.5. The standard InChI is InChI=1S/C27H53NO2/c1-3-5-7-8-9-10-15-22-28(23-16-20-26-18-13-11-14-19-26)24-17-25-30-27(29)21-12-6-4-2/h26H,3-25H2,1-2H3. The van der Waals surface area contributed by atoms with Crippen molar-refractivity contribution in [2.75, 3.05) is 26.2 Å². The minimum Gasteiger partial charge on any atom is -0.466 e. The molecule has 0 aliphatic heterocycles. The van der Waals surface area contributed by atoms with E-state index in [1.807, 2.05) is 0 Å². The lowest BCUT2D eigenvalue weighted by atomic mass is 9.86. The van der Waals surface area contributed by atoms with Gasteiger partial charge in [0.15, 0.2) is 0 Å². The van der Waals surface area contributed by atoms with Crippen molar-refractivity contribution in [3.63, 3.8) is 0 Å². The molecule has 3 heteroatoms. The molecule has 1 saturated carbocycles. The second kappa shape index (κ2) is 20.3. The van der Waals surface area contributed by atoms with Crippen LogP contribution < -0.4 is 0 Å². The highest BCUT2D eigenvalue weighted by Gasteiger charge is 2.14. The van der Waals surface area contributed by atoms with Crippen molar-refractivity contribution in [3.05, 3.63) is 0 Å². The van der Waals surface area contributed by atoms with Gasteiger partial charge in [0.25, 0.3) is 0 Å².